The molecule has 32 heavy (non-hydrogen) atoms. The number of rotatable bonds is 7. The Balaban J connectivity index is 1.61. The molecular weight excluding hydrogens is 406 g/mol. The molecule has 0 aliphatic rings. The zero-order valence-corrected chi connectivity index (χ0v) is 19.1. The summed E-state index contributed by atoms with van der Waals surface area (Å²) >= 11 is 0. The number of ether oxygens (including phenoxy) is 1. The van der Waals surface area contributed by atoms with Crippen LogP contribution in [0.15, 0.2) is 59.1 Å². The number of amides is 1. The number of benzene rings is 2. The van der Waals surface area contributed by atoms with E-state index >= 15 is 0 Å². The predicted octanol–water partition coefficient (Wildman–Crippen LogP) is 4.53. The van der Waals surface area contributed by atoms with Gasteiger partial charge in [0.05, 0.1) is 0 Å². The Kier molecular flexibility index (Phi) is 7.08. The Morgan fingerprint density at radius 2 is 1.69 bits per heavy atom. The predicted molar refractivity (Wildman–Crippen MR) is 121 cm³/mol. The lowest BCUT2D eigenvalue weighted by molar-refractivity contribution is -0.149. The number of esters is 1. The van der Waals surface area contributed by atoms with Crippen LogP contribution in [-0.4, -0.2) is 28.1 Å². The molecule has 0 fully saturated rings. The summed E-state index contributed by atoms with van der Waals surface area (Å²) in [6.07, 6.45) is 0. The van der Waals surface area contributed by atoms with Crippen molar-refractivity contribution in [3.05, 3.63) is 71.6 Å². The Bertz CT molecular complexity index is 1050. The van der Waals surface area contributed by atoms with Crippen molar-refractivity contribution >= 4 is 11.9 Å². The van der Waals surface area contributed by atoms with Gasteiger partial charge in [-0.15, -0.1) is 0 Å². The number of nitrogens with one attached hydrogen (secondary N) is 1. The van der Waals surface area contributed by atoms with E-state index in [4.69, 9.17) is 9.26 Å². The fourth-order valence-corrected chi connectivity index (χ4v) is 3.08. The van der Waals surface area contributed by atoms with E-state index in [2.05, 4.69) is 36.2 Å². The minimum absolute atomic E-state index is 0.00556. The Hall–Kier alpha value is -3.48. The highest BCUT2D eigenvalue weighted by Crippen LogP contribution is 2.22. The van der Waals surface area contributed by atoms with Crippen LogP contribution in [0.3, 0.4) is 0 Å². The summed E-state index contributed by atoms with van der Waals surface area (Å²) in [7, 11) is 0. The van der Waals surface area contributed by atoms with E-state index in [1.807, 2.05) is 56.3 Å². The van der Waals surface area contributed by atoms with Crippen molar-refractivity contribution in [2.45, 2.75) is 52.7 Å². The molecule has 7 heteroatoms. The van der Waals surface area contributed by atoms with E-state index in [-0.39, 0.29) is 29.7 Å². The van der Waals surface area contributed by atoms with Crippen molar-refractivity contribution in [3.63, 3.8) is 0 Å². The van der Waals surface area contributed by atoms with Gasteiger partial charge in [0.1, 0.15) is 6.04 Å². The van der Waals surface area contributed by atoms with E-state index < -0.39 is 12.0 Å². The number of nitrogens with zero attached hydrogens (tertiary/aromatic N) is 2. The topological polar surface area (TPSA) is 94.3 Å². The van der Waals surface area contributed by atoms with E-state index in [1.54, 1.807) is 12.1 Å². The van der Waals surface area contributed by atoms with Gasteiger partial charge in [0.15, 0.2) is 6.61 Å². The number of carbonyl (C=O) groups is 2. The number of hydrogen-bond acceptors (Lipinski definition) is 6. The molecule has 1 atom stereocenters. The molecule has 0 unspecified atom stereocenters. The van der Waals surface area contributed by atoms with Gasteiger partial charge in [0, 0.05) is 11.1 Å². The summed E-state index contributed by atoms with van der Waals surface area (Å²) in [5.74, 6) is -0.444. The van der Waals surface area contributed by atoms with Crippen LogP contribution in [0.5, 0.6) is 0 Å². The molecule has 1 N–H and O–H groups in total. The minimum atomic E-state index is -0.804. The van der Waals surface area contributed by atoms with Gasteiger partial charge >= 0.3 is 5.97 Å². The van der Waals surface area contributed by atoms with Crippen LogP contribution in [0, 0.1) is 5.92 Å². The molecule has 7 nitrogen and oxygen atoms in total. The highest BCUT2D eigenvalue weighted by molar-refractivity contribution is 5.96. The van der Waals surface area contributed by atoms with E-state index in [1.165, 1.54) is 0 Å². The molecule has 2 aromatic carbocycles. The van der Waals surface area contributed by atoms with Crippen molar-refractivity contribution in [1.29, 1.82) is 0 Å². The molecule has 0 bridgehead atoms. The van der Waals surface area contributed by atoms with Gasteiger partial charge in [-0.25, -0.2) is 4.79 Å². The first-order valence-corrected chi connectivity index (χ1v) is 10.6. The summed E-state index contributed by atoms with van der Waals surface area (Å²) in [6, 6.07) is 15.9. The first kappa shape index (κ1) is 23.2. The Labute approximate surface area is 188 Å². The summed E-state index contributed by atoms with van der Waals surface area (Å²) in [5.41, 5.74) is 2.41. The lowest BCUT2D eigenvalue weighted by Crippen LogP contribution is -2.45. The zero-order valence-electron chi connectivity index (χ0n) is 19.1. The van der Waals surface area contributed by atoms with Crippen molar-refractivity contribution in [2.75, 3.05) is 0 Å². The molecule has 0 spiro atoms. The first-order chi connectivity index (χ1) is 15.1. The zero-order chi connectivity index (χ0) is 23.3. The van der Waals surface area contributed by atoms with Crippen LogP contribution in [0.2, 0.25) is 0 Å². The van der Waals surface area contributed by atoms with Crippen molar-refractivity contribution in [2.24, 2.45) is 5.92 Å². The second-order valence-electron chi connectivity index (χ2n) is 9.01. The summed E-state index contributed by atoms with van der Waals surface area (Å²) < 4.78 is 10.5. The van der Waals surface area contributed by atoms with Gasteiger partial charge in [-0.05, 0) is 29.0 Å². The van der Waals surface area contributed by atoms with Crippen LogP contribution >= 0.6 is 0 Å². The lowest BCUT2D eigenvalue weighted by Gasteiger charge is -2.21. The standard InChI is InChI=1S/C25H29N3O4/c1-16(2)21(27-23(29)18-11-13-19(14-12-18)25(3,4)5)24(30)31-15-20-26-22(28-32-20)17-9-7-6-8-10-17/h6-14,16,21H,15H2,1-5H3,(H,27,29)/t21-/m0/s1. The van der Waals surface area contributed by atoms with Crippen LogP contribution < -0.4 is 5.32 Å². The number of carbonyl (C=O) groups excluding carboxylic acids is 2. The fraction of sp³-hybridized carbons (Fsp3) is 0.360. The molecule has 0 aliphatic carbocycles. The molecule has 168 valence electrons. The summed E-state index contributed by atoms with van der Waals surface area (Å²) in [4.78, 5) is 29.6. The molecule has 0 saturated heterocycles. The third-order valence-electron chi connectivity index (χ3n) is 5.06. The van der Waals surface area contributed by atoms with Crippen molar-refractivity contribution in [3.8, 4) is 11.4 Å². The molecule has 0 radical (unpaired) electrons. The molecule has 0 aliphatic heterocycles. The summed E-state index contributed by atoms with van der Waals surface area (Å²) in [6.45, 7) is 9.85. The molecule has 1 aromatic heterocycles. The van der Waals surface area contributed by atoms with E-state index in [0.717, 1.165) is 11.1 Å². The van der Waals surface area contributed by atoms with Crippen LogP contribution in [0.25, 0.3) is 11.4 Å². The van der Waals surface area contributed by atoms with Crippen molar-refractivity contribution < 1.29 is 18.8 Å². The van der Waals surface area contributed by atoms with Crippen LogP contribution in [-0.2, 0) is 21.6 Å². The first-order valence-electron chi connectivity index (χ1n) is 10.6. The SMILES string of the molecule is CC(C)[C@H](NC(=O)c1ccc(C(C)(C)C)cc1)C(=O)OCc1nc(-c2ccccc2)no1. The molecule has 3 rings (SSSR count). The quantitative estimate of drug-likeness (QED) is 0.548. The van der Waals surface area contributed by atoms with E-state index in [0.29, 0.717) is 11.4 Å². The molecule has 3 aromatic rings. The third kappa shape index (κ3) is 5.81. The average molecular weight is 436 g/mol. The van der Waals surface area contributed by atoms with Gasteiger partial charge in [-0.3, -0.25) is 4.79 Å². The average Bonchev–Trinajstić information content (AvgIpc) is 3.24. The lowest BCUT2D eigenvalue weighted by atomic mass is 9.86. The maximum Gasteiger partial charge on any atom is 0.329 e. The van der Waals surface area contributed by atoms with E-state index in [9.17, 15) is 9.59 Å². The minimum Gasteiger partial charge on any atom is -0.454 e. The fourth-order valence-electron chi connectivity index (χ4n) is 3.08. The smallest absolute Gasteiger partial charge is 0.329 e. The Morgan fingerprint density at radius 3 is 2.28 bits per heavy atom. The number of hydrogen-bond donors (Lipinski definition) is 1. The maximum absolute atomic E-state index is 12.7. The molecule has 1 heterocycles. The van der Waals surface area contributed by atoms with Gasteiger partial charge in [0.25, 0.3) is 11.8 Å². The number of aromatic nitrogens is 2. The largest absolute Gasteiger partial charge is 0.454 e. The highest BCUT2D eigenvalue weighted by Gasteiger charge is 2.27. The second kappa shape index (κ2) is 9.77. The monoisotopic (exact) mass is 435 g/mol. The molecule has 0 saturated carbocycles. The highest BCUT2D eigenvalue weighted by atomic mass is 16.6. The van der Waals surface area contributed by atoms with Gasteiger partial charge in [-0.2, -0.15) is 4.98 Å². The van der Waals surface area contributed by atoms with Crippen LogP contribution in [0.4, 0.5) is 0 Å². The Morgan fingerprint density at radius 1 is 1.03 bits per heavy atom. The van der Waals surface area contributed by atoms with Crippen molar-refractivity contribution in [1.82, 2.24) is 15.5 Å². The third-order valence-corrected chi connectivity index (χ3v) is 5.06. The molecule has 1 amide bonds. The molecular formula is C25H29N3O4. The maximum atomic E-state index is 12.7. The summed E-state index contributed by atoms with van der Waals surface area (Å²) in [5, 5.41) is 6.69. The van der Waals surface area contributed by atoms with Gasteiger partial charge < -0.3 is 14.6 Å². The van der Waals surface area contributed by atoms with Crippen LogP contribution in [0.1, 0.15) is 56.4 Å². The van der Waals surface area contributed by atoms with Gasteiger partial charge in [-0.1, -0.05) is 82.2 Å². The normalized spacial score (nSPS) is 12.4. The van der Waals surface area contributed by atoms with Gasteiger partial charge in [0.2, 0.25) is 5.82 Å². The second-order valence-corrected chi connectivity index (χ2v) is 9.01.